The van der Waals surface area contributed by atoms with Gasteiger partial charge in [0, 0.05) is 0 Å². The quantitative estimate of drug-likeness (QED) is 0.452. The Morgan fingerprint density at radius 3 is 1.40 bits per heavy atom. The first kappa shape index (κ1) is 17.0. The van der Waals surface area contributed by atoms with Crippen LogP contribution in [0.3, 0.4) is 0 Å². The first-order valence-corrected chi connectivity index (χ1v) is 7.81. The lowest BCUT2D eigenvalue weighted by molar-refractivity contribution is 0.0961. The minimum Gasteiger partial charge on any atom is -0.100 e. The summed E-state index contributed by atoms with van der Waals surface area (Å²) < 4.78 is 0. The maximum atomic E-state index is 3.56. The molecule has 1 saturated carbocycles. The van der Waals surface area contributed by atoms with Crippen molar-refractivity contribution in [3.63, 3.8) is 0 Å². The molecule has 3 aliphatic rings. The molecule has 3 aliphatic carbocycles. The summed E-state index contributed by atoms with van der Waals surface area (Å²) in [5.41, 5.74) is 2.21. The van der Waals surface area contributed by atoms with Gasteiger partial charge in [0.2, 0.25) is 0 Å². The normalized spacial score (nSPS) is 29.5. The van der Waals surface area contributed by atoms with E-state index in [2.05, 4.69) is 70.7 Å². The van der Waals surface area contributed by atoms with Crippen molar-refractivity contribution >= 4 is 0 Å². The molecule has 0 radical (unpaired) electrons. The van der Waals surface area contributed by atoms with Crippen LogP contribution in [0.25, 0.3) is 0 Å². The average molecular weight is 272 g/mol. The Hall–Kier alpha value is -1.04. The van der Waals surface area contributed by atoms with Gasteiger partial charge in [-0.2, -0.15) is 0 Å². The molecule has 112 valence electrons. The van der Waals surface area contributed by atoms with E-state index in [0.717, 1.165) is 18.3 Å². The monoisotopic (exact) mass is 272 g/mol. The van der Waals surface area contributed by atoms with Crippen molar-refractivity contribution in [1.29, 1.82) is 0 Å². The van der Waals surface area contributed by atoms with Gasteiger partial charge < -0.3 is 0 Å². The predicted octanol–water partition coefficient (Wildman–Crippen LogP) is 6.33. The zero-order valence-electron chi connectivity index (χ0n) is 14.2. The highest BCUT2D eigenvalue weighted by molar-refractivity contribution is 5.20. The van der Waals surface area contributed by atoms with E-state index in [9.17, 15) is 0 Å². The third-order valence-electron chi connectivity index (χ3n) is 5.25. The summed E-state index contributed by atoms with van der Waals surface area (Å²) in [5.74, 6) is 1.70. The molecule has 2 bridgehead atoms. The minimum absolute atomic E-state index is 0.520. The summed E-state index contributed by atoms with van der Waals surface area (Å²) in [6.45, 7) is 17.2. The van der Waals surface area contributed by atoms with Crippen molar-refractivity contribution in [2.75, 3.05) is 0 Å². The van der Waals surface area contributed by atoms with Crippen LogP contribution >= 0.6 is 0 Å². The summed E-state index contributed by atoms with van der Waals surface area (Å²) >= 11 is 0. The maximum Gasteiger partial charge on any atom is -0.0163 e. The smallest absolute Gasteiger partial charge is 0.0163 e. The molecule has 3 rings (SSSR count). The molecule has 1 fully saturated rings. The lowest BCUT2D eigenvalue weighted by atomic mass is 9.62. The molecule has 0 nitrogen and oxygen atoms in total. The SMILES string of the molecule is C1=CCC=C1.C=C(C)C.CC1(C)C2C=CC(C2)C1(C)C. The fraction of sp³-hybridized carbons (Fsp3) is 0.600. The Morgan fingerprint density at radius 2 is 1.25 bits per heavy atom. The van der Waals surface area contributed by atoms with Crippen LogP contribution in [0.15, 0.2) is 48.6 Å². The average Bonchev–Trinajstić information content (AvgIpc) is 3.04. The number of allylic oxidation sites excluding steroid dienone is 7. The Labute approximate surface area is 126 Å². The minimum atomic E-state index is 0.520. The lowest BCUT2D eigenvalue weighted by Crippen LogP contribution is -2.35. The molecule has 0 N–H and O–H groups in total. The summed E-state index contributed by atoms with van der Waals surface area (Å²) in [6, 6.07) is 0. The van der Waals surface area contributed by atoms with Crippen molar-refractivity contribution in [3.05, 3.63) is 48.6 Å². The van der Waals surface area contributed by atoms with Gasteiger partial charge in [0.15, 0.2) is 0 Å². The van der Waals surface area contributed by atoms with Crippen molar-refractivity contribution < 1.29 is 0 Å². The van der Waals surface area contributed by atoms with Gasteiger partial charge in [-0.05, 0) is 49.4 Å². The highest BCUT2D eigenvalue weighted by Gasteiger charge is 2.55. The van der Waals surface area contributed by atoms with Crippen LogP contribution in [-0.2, 0) is 0 Å². The molecule has 2 atom stereocenters. The Bertz CT molecular complexity index is 379. The van der Waals surface area contributed by atoms with Crippen LogP contribution in [0, 0.1) is 22.7 Å². The molecule has 0 heteroatoms. The van der Waals surface area contributed by atoms with E-state index in [1.807, 2.05) is 13.8 Å². The summed E-state index contributed by atoms with van der Waals surface area (Å²) in [4.78, 5) is 0. The third-order valence-corrected chi connectivity index (χ3v) is 5.25. The van der Waals surface area contributed by atoms with Gasteiger partial charge >= 0.3 is 0 Å². The van der Waals surface area contributed by atoms with Crippen molar-refractivity contribution in [2.45, 2.75) is 54.4 Å². The van der Waals surface area contributed by atoms with Gasteiger partial charge in [0.05, 0.1) is 0 Å². The fourth-order valence-electron chi connectivity index (χ4n) is 3.12. The number of fused-ring (bicyclic) bond motifs is 2. The molecular formula is C20H32. The van der Waals surface area contributed by atoms with Crippen LogP contribution < -0.4 is 0 Å². The fourth-order valence-corrected chi connectivity index (χ4v) is 3.12. The molecule has 0 heterocycles. The van der Waals surface area contributed by atoms with E-state index < -0.39 is 0 Å². The zero-order valence-corrected chi connectivity index (χ0v) is 14.2. The first-order valence-electron chi connectivity index (χ1n) is 7.81. The van der Waals surface area contributed by atoms with Gasteiger partial charge in [-0.1, -0.05) is 69.7 Å². The van der Waals surface area contributed by atoms with Gasteiger partial charge in [0.25, 0.3) is 0 Å². The lowest BCUT2D eigenvalue weighted by Gasteiger charge is -2.42. The summed E-state index contributed by atoms with van der Waals surface area (Å²) in [5, 5.41) is 0. The van der Waals surface area contributed by atoms with Crippen LogP contribution in [0.4, 0.5) is 0 Å². The standard InChI is InChI=1S/C11H18.C5H6.C4H8/c1-10(2)8-5-6-9(7-8)11(10,3)4;1-2-4-5-3-1;1-4(2)3/h5-6,8-9H,7H2,1-4H3;1-4H,5H2;1H2,2-3H3. The second kappa shape index (κ2) is 6.61. The predicted molar refractivity (Wildman–Crippen MR) is 91.7 cm³/mol. The number of hydrogen-bond acceptors (Lipinski definition) is 0. The van der Waals surface area contributed by atoms with Gasteiger partial charge in [-0.15, -0.1) is 6.58 Å². The third kappa shape index (κ3) is 3.75. The number of hydrogen-bond donors (Lipinski definition) is 0. The van der Waals surface area contributed by atoms with Crippen molar-refractivity contribution in [1.82, 2.24) is 0 Å². The van der Waals surface area contributed by atoms with Gasteiger partial charge in [-0.3, -0.25) is 0 Å². The molecule has 0 aromatic rings. The Morgan fingerprint density at radius 1 is 0.900 bits per heavy atom. The second-order valence-corrected chi connectivity index (χ2v) is 7.58. The molecule has 0 aliphatic heterocycles. The van der Waals surface area contributed by atoms with Crippen LogP contribution in [0.1, 0.15) is 54.4 Å². The maximum absolute atomic E-state index is 3.56. The Balaban J connectivity index is 0.000000185. The molecule has 0 saturated heterocycles. The van der Waals surface area contributed by atoms with E-state index in [-0.39, 0.29) is 0 Å². The van der Waals surface area contributed by atoms with Crippen LogP contribution in [0.2, 0.25) is 0 Å². The van der Waals surface area contributed by atoms with Gasteiger partial charge in [0.1, 0.15) is 0 Å². The van der Waals surface area contributed by atoms with Crippen molar-refractivity contribution in [3.8, 4) is 0 Å². The molecular weight excluding hydrogens is 240 g/mol. The molecule has 0 amide bonds. The van der Waals surface area contributed by atoms with E-state index in [4.69, 9.17) is 0 Å². The zero-order chi connectivity index (χ0) is 15.4. The van der Waals surface area contributed by atoms with Gasteiger partial charge in [-0.25, -0.2) is 0 Å². The molecule has 0 aromatic heterocycles. The summed E-state index contributed by atoms with van der Waals surface area (Å²) in [7, 11) is 0. The highest BCUT2D eigenvalue weighted by Crippen LogP contribution is 2.62. The largest absolute Gasteiger partial charge is 0.100 e. The molecule has 0 spiro atoms. The second-order valence-electron chi connectivity index (χ2n) is 7.58. The van der Waals surface area contributed by atoms with E-state index >= 15 is 0 Å². The van der Waals surface area contributed by atoms with Crippen LogP contribution in [0.5, 0.6) is 0 Å². The Kier molecular flexibility index (Phi) is 5.62. The topological polar surface area (TPSA) is 0 Å². The highest BCUT2D eigenvalue weighted by atomic mass is 14.6. The molecule has 20 heavy (non-hydrogen) atoms. The van der Waals surface area contributed by atoms with Crippen molar-refractivity contribution in [2.24, 2.45) is 22.7 Å². The molecule has 0 aromatic carbocycles. The van der Waals surface area contributed by atoms with E-state index in [1.54, 1.807) is 0 Å². The number of rotatable bonds is 0. The first-order chi connectivity index (χ1) is 9.19. The van der Waals surface area contributed by atoms with E-state index in [0.29, 0.717) is 10.8 Å². The summed E-state index contributed by atoms with van der Waals surface area (Å²) in [6.07, 6.45) is 15.8. The molecule has 2 unspecified atom stereocenters. The van der Waals surface area contributed by atoms with Crippen LogP contribution in [-0.4, -0.2) is 0 Å². The van der Waals surface area contributed by atoms with E-state index in [1.165, 1.54) is 12.0 Å².